The van der Waals surface area contributed by atoms with Crippen molar-refractivity contribution in [1.82, 2.24) is 14.4 Å². The van der Waals surface area contributed by atoms with Crippen LogP contribution < -0.4 is 10.5 Å². The van der Waals surface area contributed by atoms with Gasteiger partial charge in [-0.2, -0.15) is 10.1 Å². The van der Waals surface area contributed by atoms with E-state index in [9.17, 15) is 9.59 Å². The smallest absolute Gasteiger partial charge is 0.430 e. The summed E-state index contributed by atoms with van der Waals surface area (Å²) in [6.07, 6.45) is 7.17. The standard InChI is InChI=1S/C18H21N5O3/c24-17-14(13-19-23-11-12-26-18(23)25)16(21-8-4-1-2-5-9-21)20-15-7-3-6-10-22(15)17/h3,6-7,10,13H,1-2,4-5,8-9,11-12H2/b19-13-. The van der Waals surface area contributed by atoms with E-state index in [1.165, 1.54) is 28.5 Å². The lowest BCUT2D eigenvalue weighted by Crippen LogP contribution is -2.31. The molecule has 2 fully saturated rings. The van der Waals surface area contributed by atoms with Crippen molar-refractivity contribution in [2.75, 3.05) is 31.1 Å². The zero-order valence-corrected chi connectivity index (χ0v) is 14.5. The summed E-state index contributed by atoms with van der Waals surface area (Å²) in [5, 5.41) is 5.40. The summed E-state index contributed by atoms with van der Waals surface area (Å²) < 4.78 is 6.39. The van der Waals surface area contributed by atoms with Gasteiger partial charge in [0.05, 0.1) is 12.8 Å². The molecule has 2 aliphatic heterocycles. The molecule has 0 aliphatic carbocycles. The summed E-state index contributed by atoms with van der Waals surface area (Å²) in [5.41, 5.74) is 0.816. The minimum Gasteiger partial charge on any atom is -0.446 e. The maximum Gasteiger partial charge on any atom is 0.430 e. The molecule has 0 atom stereocenters. The maximum atomic E-state index is 13.0. The topological polar surface area (TPSA) is 79.5 Å². The molecule has 0 saturated carbocycles. The van der Waals surface area contributed by atoms with E-state index in [1.807, 2.05) is 12.1 Å². The van der Waals surface area contributed by atoms with Gasteiger partial charge in [-0.15, -0.1) is 0 Å². The largest absolute Gasteiger partial charge is 0.446 e. The van der Waals surface area contributed by atoms with Gasteiger partial charge in [-0.1, -0.05) is 18.9 Å². The monoisotopic (exact) mass is 355 g/mol. The third kappa shape index (κ3) is 3.14. The molecule has 0 aromatic carbocycles. The van der Waals surface area contributed by atoms with Gasteiger partial charge in [0.1, 0.15) is 23.6 Å². The lowest BCUT2D eigenvalue weighted by atomic mass is 10.2. The summed E-state index contributed by atoms with van der Waals surface area (Å²) in [7, 11) is 0. The zero-order chi connectivity index (χ0) is 17.9. The first-order chi connectivity index (χ1) is 12.7. The number of hydrogen-bond acceptors (Lipinski definition) is 6. The molecule has 8 nitrogen and oxygen atoms in total. The predicted octanol–water partition coefficient (Wildman–Crippen LogP) is 1.86. The number of nitrogens with zero attached hydrogens (tertiary/aromatic N) is 5. The summed E-state index contributed by atoms with van der Waals surface area (Å²) in [5.74, 6) is 0.638. The van der Waals surface area contributed by atoms with Crippen molar-refractivity contribution in [1.29, 1.82) is 0 Å². The summed E-state index contributed by atoms with van der Waals surface area (Å²) in [4.78, 5) is 31.5. The number of hydrogen-bond donors (Lipinski definition) is 0. The van der Waals surface area contributed by atoms with Crippen LogP contribution in [0.2, 0.25) is 0 Å². The maximum absolute atomic E-state index is 13.0. The van der Waals surface area contributed by atoms with E-state index in [0.29, 0.717) is 30.2 Å². The van der Waals surface area contributed by atoms with Gasteiger partial charge in [0.15, 0.2) is 0 Å². The van der Waals surface area contributed by atoms with Crippen molar-refractivity contribution in [2.24, 2.45) is 5.10 Å². The van der Waals surface area contributed by atoms with E-state index in [1.54, 1.807) is 12.3 Å². The molecule has 2 saturated heterocycles. The molecular formula is C18H21N5O3. The van der Waals surface area contributed by atoms with E-state index in [-0.39, 0.29) is 5.56 Å². The van der Waals surface area contributed by atoms with Crippen molar-refractivity contribution in [3.05, 3.63) is 40.3 Å². The number of fused-ring (bicyclic) bond motifs is 1. The second-order valence-corrected chi connectivity index (χ2v) is 6.47. The lowest BCUT2D eigenvalue weighted by molar-refractivity contribution is 0.159. The highest BCUT2D eigenvalue weighted by Gasteiger charge is 2.22. The van der Waals surface area contributed by atoms with Crippen LogP contribution in [0.1, 0.15) is 31.2 Å². The van der Waals surface area contributed by atoms with Crippen molar-refractivity contribution >= 4 is 23.8 Å². The number of rotatable bonds is 3. The average molecular weight is 355 g/mol. The minimum atomic E-state index is -0.494. The number of carbonyl (C=O) groups excluding carboxylic acids is 1. The molecule has 26 heavy (non-hydrogen) atoms. The number of cyclic esters (lactones) is 1. The van der Waals surface area contributed by atoms with E-state index in [0.717, 1.165) is 25.9 Å². The summed E-state index contributed by atoms with van der Waals surface area (Å²) >= 11 is 0. The normalized spacial score (nSPS) is 18.5. The fourth-order valence-electron chi connectivity index (χ4n) is 3.35. The lowest BCUT2D eigenvalue weighted by Gasteiger charge is -2.23. The second kappa shape index (κ2) is 7.15. The Morgan fingerprint density at radius 1 is 1.08 bits per heavy atom. The average Bonchev–Trinajstić information content (AvgIpc) is 2.90. The molecule has 136 valence electrons. The first kappa shape index (κ1) is 16.6. The number of pyridine rings is 1. The molecule has 8 heteroatoms. The Balaban J connectivity index is 1.80. The van der Waals surface area contributed by atoms with Gasteiger partial charge >= 0.3 is 6.09 Å². The number of anilines is 1. The highest BCUT2D eigenvalue weighted by molar-refractivity contribution is 5.87. The van der Waals surface area contributed by atoms with Crippen LogP contribution in [0.3, 0.4) is 0 Å². The Bertz CT molecular complexity index is 899. The van der Waals surface area contributed by atoms with Crippen molar-refractivity contribution in [2.45, 2.75) is 25.7 Å². The quantitative estimate of drug-likeness (QED) is 0.785. The first-order valence-corrected chi connectivity index (χ1v) is 8.99. The SMILES string of the molecule is O=C1OCCN1/N=C\c1c(N2CCCCCC2)nc2ccccn2c1=O. The van der Waals surface area contributed by atoms with Crippen LogP contribution in [-0.2, 0) is 4.74 Å². The third-order valence-corrected chi connectivity index (χ3v) is 4.72. The van der Waals surface area contributed by atoms with Gasteiger partial charge < -0.3 is 9.64 Å². The fraction of sp³-hybridized carbons (Fsp3) is 0.444. The predicted molar refractivity (Wildman–Crippen MR) is 97.8 cm³/mol. The number of hydrazone groups is 1. The Morgan fingerprint density at radius 3 is 2.62 bits per heavy atom. The number of amides is 1. The molecule has 2 aromatic heterocycles. The minimum absolute atomic E-state index is 0.189. The third-order valence-electron chi connectivity index (χ3n) is 4.72. The van der Waals surface area contributed by atoms with Crippen molar-refractivity contribution in [3.8, 4) is 0 Å². The van der Waals surface area contributed by atoms with Crippen LogP contribution in [-0.4, -0.2) is 52.9 Å². The van der Waals surface area contributed by atoms with Crippen LogP contribution in [0.15, 0.2) is 34.3 Å². The molecular weight excluding hydrogens is 334 g/mol. The van der Waals surface area contributed by atoms with E-state index in [2.05, 4.69) is 10.0 Å². The number of aromatic nitrogens is 2. The van der Waals surface area contributed by atoms with Gasteiger partial charge in [-0.25, -0.2) is 9.78 Å². The summed E-state index contributed by atoms with van der Waals surface area (Å²) in [6.45, 7) is 2.42. The molecule has 2 aromatic rings. The molecule has 4 heterocycles. The molecule has 0 radical (unpaired) electrons. The zero-order valence-electron chi connectivity index (χ0n) is 14.5. The van der Waals surface area contributed by atoms with Crippen LogP contribution in [0.5, 0.6) is 0 Å². The van der Waals surface area contributed by atoms with Gasteiger partial charge in [0.25, 0.3) is 5.56 Å². The van der Waals surface area contributed by atoms with Crippen molar-refractivity contribution in [3.63, 3.8) is 0 Å². The van der Waals surface area contributed by atoms with Gasteiger partial charge in [-0.3, -0.25) is 9.20 Å². The highest BCUT2D eigenvalue weighted by Crippen LogP contribution is 2.20. The Kier molecular flexibility index (Phi) is 4.55. The molecule has 4 rings (SSSR count). The van der Waals surface area contributed by atoms with E-state index >= 15 is 0 Å². The van der Waals surface area contributed by atoms with Gasteiger partial charge in [-0.05, 0) is 25.0 Å². The summed E-state index contributed by atoms with van der Waals surface area (Å²) in [6, 6.07) is 5.48. The second-order valence-electron chi connectivity index (χ2n) is 6.47. The Labute approximate surface area is 150 Å². The Hall–Kier alpha value is -2.90. The van der Waals surface area contributed by atoms with Crippen molar-refractivity contribution < 1.29 is 9.53 Å². The highest BCUT2D eigenvalue weighted by atomic mass is 16.6. The van der Waals surface area contributed by atoms with Crippen LogP contribution in [0.4, 0.5) is 10.6 Å². The van der Waals surface area contributed by atoms with Gasteiger partial charge in [0.2, 0.25) is 0 Å². The van der Waals surface area contributed by atoms with E-state index < -0.39 is 6.09 Å². The molecule has 2 aliphatic rings. The van der Waals surface area contributed by atoms with Crippen LogP contribution in [0, 0.1) is 0 Å². The first-order valence-electron chi connectivity index (χ1n) is 8.99. The fourth-order valence-corrected chi connectivity index (χ4v) is 3.35. The molecule has 0 unspecified atom stereocenters. The molecule has 0 N–H and O–H groups in total. The Morgan fingerprint density at radius 2 is 1.88 bits per heavy atom. The van der Waals surface area contributed by atoms with E-state index in [4.69, 9.17) is 9.72 Å². The van der Waals surface area contributed by atoms with Crippen LogP contribution >= 0.6 is 0 Å². The molecule has 1 amide bonds. The molecule has 0 bridgehead atoms. The van der Waals surface area contributed by atoms with Crippen LogP contribution in [0.25, 0.3) is 5.65 Å². The van der Waals surface area contributed by atoms with Gasteiger partial charge in [0, 0.05) is 19.3 Å². The number of ether oxygens (including phenoxy) is 1. The molecule has 0 spiro atoms. The number of carbonyl (C=O) groups is 1.